The lowest BCUT2D eigenvalue weighted by molar-refractivity contribution is 0.191. The molecular weight excluding hydrogens is 327 g/mol. The van der Waals surface area contributed by atoms with E-state index in [9.17, 15) is 13.2 Å². The number of halogens is 3. The lowest BCUT2D eigenvalue weighted by Crippen LogP contribution is -2.47. The van der Waals surface area contributed by atoms with Gasteiger partial charge in [0.15, 0.2) is 0 Å². The van der Waals surface area contributed by atoms with Crippen LogP contribution in [0.25, 0.3) is 0 Å². The monoisotopic (exact) mass is 345 g/mol. The molecule has 0 saturated carbocycles. The SMILES string of the molecule is CC(c1c(F)cccc1F)N1CCN(c2cccc(F)c2C#N)CC1. The highest BCUT2D eigenvalue weighted by Gasteiger charge is 2.27. The van der Waals surface area contributed by atoms with Crippen molar-refractivity contribution in [2.24, 2.45) is 0 Å². The first-order valence-corrected chi connectivity index (χ1v) is 8.14. The van der Waals surface area contributed by atoms with Crippen molar-refractivity contribution in [1.82, 2.24) is 4.90 Å². The molecular formula is C19H18F3N3. The van der Waals surface area contributed by atoms with Gasteiger partial charge in [-0.1, -0.05) is 12.1 Å². The third-order valence-electron chi connectivity index (χ3n) is 4.72. The maximum Gasteiger partial charge on any atom is 0.143 e. The lowest BCUT2D eigenvalue weighted by Gasteiger charge is -2.39. The minimum absolute atomic E-state index is 0.0316. The molecule has 2 aromatic rings. The summed E-state index contributed by atoms with van der Waals surface area (Å²) in [6.45, 7) is 4.02. The zero-order valence-corrected chi connectivity index (χ0v) is 13.8. The molecule has 1 heterocycles. The Balaban J connectivity index is 1.75. The molecule has 1 saturated heterocycles. The third-order valence-corrected chi connectivity index (χ3v) is 4.72. The Morgan fingerprint density at radius 1 is 0.920 bits per heavy atom. The van der Waals surface area contributed by atoms with Crippen molar-refractivity contribution in [3.63, 3.8) is 0 Å². The van der Waals surface area contributed by atoms with E-state index in [2.05, 4.69) is 0 Å². The number of nitriles is 1. The molecule has 0 bridgehead atoms. The van der Waals surface area contributed by atoms with Gasteiger partial charge >= 0.3 is 0 Å². The van der Waals surface area contributed by atoms with Crippen LogP contribution < -0.4 is 4.90 Å². The molecule has 0 aliphatic carbocycles. The van der Waals surface area contributed by atoms with Crippen LogP contribution in [0.5, 0.6) is 0 Å². The largest absolute Gasteiger partial charge is 0.368 e. The van der Waals surface area contributed by atoms with Gasteiger partial charge in [0.2, 0.25) is 0 Å². The predicted molar refractivity (Wildman–Crippen MR) is 89.7 cm³/mol. The van der Waals surface area contributed by atoms with Gasteiger partial charge in [0, 0.05) is 37.8 Å². The first-order valence-electron chi connectivity index (χ1n) is 8.14. The molecule has 0 aromatic heterocycles. The van der Waals surface area contributed by atoms with Gasteiger partial charge in [0.05, 0.1) is 5.69 Å². The van der Waals surface area contributed by atoms with E-state index in [1.165, 1.54) is 24.3 Å². The number of anilines is 1. The van der Waals surface area contributed by atoms with Gasteiger partial charge in [-0.2, -0.15) is 5.26 Å². The second-order valence-corrected chi connectivity index (χ2v) is 6.08. The molecule has 1 aliphatic rings. The molecule has 130 valence electrons. The fourth-order valence-corrected chi connectivity index (χ4v) is 3.33. The van der Waals surface area contributed by atoms with Crippen LogP contribution in [0.2, 0.25) is 0 Å². The Morgan fingerprint density at radius 2 is 1.48 bits per heavy atom. The molecule has 1 unspecified atom stereocenters. The molecule has 1 aliphatic heterocycles. The number of benzene rings is 2. The van der Waals surface area contributed by atoms with Gasteiger partial charge in [-0.25, -0.2) is 13.2 Å². The van der Waals surface area contributed by atoms with Crippen molar-refractivity contribution in [1.29, 1.82) is 5.26 Å². The summed E-state index contributed by atoms with van der Waals surface area (Å²) in [5.74, 6) is -1.64. The highest BCUT2D eigenvalue weighted by atomic mass is 19.1. The molecule has 2 aromatic carbocycles. The fraction of sp³-hybridized carbons (Fsp3) is 0.316. The van der Waals surface area contributed by atoms with Gasteiger partial charge in [-0.05, 0) is 31.2 Å². The Kier molecular flexibility index (Phi) is 4.95. The van der Waals surface area contributed by atoms with Crippen molar-refractivity contribution in [2.75, 3.05) is 31.1 Å². The van der Waals surface area contributed by atoms with E-state index in [1.807, 2.05) is 15.9 Å². The Labute approximate surface area is 144 Å². The predicted octanol–water partition coefficient (Wildman–Crippen LogP) is 3.86. The first-order chi connectivity index (χ1) is 12.0. The highest BCUT2D eigenvalue weighted by Crippen LogP contribution is 2.29. The quantitative estimate of drug-likeness (QED) is 0.846. The zero-order valence-electron chi connectivity index (χ0n) is 13.8. The van der Waals surface area contributed by atoms with Crippen LogP contribution >= 0.6 is 0 Å². The third kappa shape index (κ3) is 3.33. The molecule has 0 amide bonds. The van der Waals surface area contributed by atoms with E-state index in [1.54, 1.807) is 19.1 Å². The molecule has 1 fully saturated rings. The van der Waals surface area contributed by atoms with Gasteiger partial charge in [-0.15, -0.1) is 0 Å². The molecule has 1 atom stereocenters. The van der Waals surface area contributed by atoms with Gasteiger partial charge in [-0.3, -0.25) is 4.90 Å². The Hall–Kier alpha value is -2.52. The summed E-state index contributed by atoms with van der Waals surface area (Å²) in [6.07, 6.45) is 0. The second-order valence-electron chi connectivity index (χ2n) is 6.08. The van der Waals surface area contributed by atoms with Crippen LogP contribution in [-0.2, 0) is 0 Å². The van der Waals surface area contributed by atoms with Crippen molar-refractivity contribution in [3.8, 4) is 6.07 Å². The minimum Gasteiger partial charge on any atom is -0.368 e. The summed E-state index contributed by atoms with van der Waals surface area (Å²) in [4.78, 5) is 3.92. The van der Waals surface area contributed by atoms with E-state index in [-0.39, 0.29) is 11.1 Å². The molecule has 25 heavy (non-hydrogen) atoms. The molecule has 0 spiro atoms. The fourth-order valence-electron chi connectivity index (χ4n) is 3.33. The van der Waals surface area contributed by atoms with Crippen LogP contribution in [0.3, 0.4) is 0 Å². The minimum atomic E-state index is -0.549. The average molecular weight is 345 g/mol. The average Bonchev–Trinajstić information content (AvgIpc) is 2.61. The van der Waals surface area contributed by atoms with Crippen LogP contribution in [0.1, 0.15) is 24.1 Å². The van der Waals surface area contributed by atoms with Crippen molar-refractivity contribution in [2.45, 2.75) is 13.0 Å². The summed E-state index contributed by atoms with van der Waals surface area (Å²) in [5, 5.41) is 9.17. The van der Waals surface area contributed by atoms with Crippen LogP contribution in [-0.4, -0.2) is 31.1 Å². The maximum absolute atomic E-state index is 14.0. The number of piperazine rings is 1. The van der Waals surface area contributed by atoms with E-state index in [0.29, 0.717) is 31.9 Å². The molecule has 3 rings (SSSR count). The highest BCUT2D eigenvalue weighted by molar-refractivity contribution is 5.60. The van der Waals surface area contributed by atoms with Crippen LogP contribution in [0.4, 0.5) is 18.9 Å². The van der Waals surface area contributed by atoms with Crippen LogP contribution in [0.15, 0.2) is 36.4 Å². The summed E-state index contributed by atoms with van der Waals surface area (Å²) in [7, 11) is 0. The van der Waals surface area contributed by atoms with Crippen molar-refractivity contribution in [3.05, 3.63) is 65.0 Å². The van der Waals surface area contributed by atoms with Crippen LogP contribution in [0, 0.1) is 28.8 Å². The summed E-state index contributed by atoms with van der Waals surface area (Å²) in [6, 6.07) is 9.95. The topological polar surface area (TPSA) is 30.3 Å². The lowest BCUT2D eigenvalue weighted by atomic mass is 10.0. The molecule has 6 heteroatoms. The van der Waals surface area contributed by atoms with E-state index in [0.717, 1.165) is 0 Å². The standard InChI is InChI=1S/C19H18F3N3/c1-13(19-16(21)5-2-6-17(19)22)24-8-10-25(11-9-24)18-7-3-4-15(20)14(18)12-23/h2-7,13H,8-11H2,1H3. The van der Waals surface area contributed by atoms with Crippen molar-refractivity contribution >= 4 is 5.69 Å². The summed E-state index contributed by atoms with van der Waals surface area (Å²) >= 11 is 0. The van der Waals surface area contributed by atoms with Crippen molar-refractivity contribution < 1.29 is 13.2 Å². The Bertz CT molecular complexity index is 788. The maximum atomic E-state index is 14.0. The van der Waals surface area contributed by atoms with E-state index in [4.69, 9.17) is 5.26 Å². The zero-order chi connectivity index (χ0) is 18.0. The van der Waals surface area contributed by atoms with Gasteiger partial charge in [0.25, 0.3) is 0 Å². The van der Waals surface area contributed by atoms with Gasteiger partial charge in [0.1, 0.15) is 29.1 Å². The smallest absolute Gasteiger partial charge is 0.143 e. The number of rotatable bonds is 3. The molecule has 3 nitrogen and oxygen atoms in total. The first kappa shape index (κ1) is 17.3. The summed E-state index contributed by atoms with van der Waals surface area (Å²) in [5.41, 5.74) is 0.662. The Morgan fingerprint density at radius 3 is 2.08 bits per heavy atom. The second kappa shape index (κ2) is 7.16. The summed E-state index contributed by atoms with van der Waals surface area (Å²) < 4.78 is 41.7. The molecule has 0 N–H and O–H groups in total. The number of nitrogens with zero attached hydrogens (tertiary/aromatic N) is 3. The van der Waals surface area contributed by atoms with E-state index < -0.39 is 23.5 Å². The van der Waals surface area contributed by atoms with Gasteiger partial charge < -0.3 is 4.90 Å². The van der Waals surface area contributed by atoms with E-state index >= 15 is 0 Å². The normalized spacial score (nSPS) is 16.5. The number of hydrogen-bond donors (Lipinski definition) is 0. The molecule has 0 radical (unpaired) electrons. The number of hydrogen-bond acceptors (Lipinski definition) is 3.